The van der Waals surface area contributed by atoms with Gasteiger partial charge in [-0.2, -0.15) is 4.31 Å². The first-order valence-corrected chi connectivity index (χ1v) is 13.6. The molecule has 6 nitrogen and oxygen atoms in total. The summed E-state index contributed by atoms with van der Waals surface area (Å²) in [5.74, 6) is 1.85. The average Bonchev–Trinajstić information content (AvgIpc) is 3.18. The number of hydrogen-bond donors (Lipinski definition) is 1. The van der Waals surface area contributed by atoms with E-state index in [2.05, 4.69) is 26.1 Å². The SMILES string of the molecule is CC1CCN(S(=O)(=O)c2ccc3c(ccn3CCC(=O)N[C@@H]3CCC[C@H](C)[C@@H]3C)c2)CC1. The van der Waals surface area contributed by atoms with Gasteiger partial charge in [-0.05, 0) is 61.3 Å². The van der Waals surface area contributed by atoms with E-state index in [1.165, 1.54) is 12.8 Å². The highest BCUT2D eigenvalue weighted by Gasteiger charge is 2.29. The molecule has 2 aliphatic rings. The molecule has 2 aromatic rings. The summed E-state index contributed by atoms with van der Waals surface area (Å²) in [6, 6.07) is 7.56. The van der Waals surface area contributed by atoms with Gasteiger partial charge in [-0.3, -0.25) is 4.79 Å². The first-order valence-electron chi connectivity index (χ1n) is 12.1. The van der Waals surface area contributed by atoms with Gasteiger partial charge in [0.2, 0.25) is 15.9 Å². The summed E-state index contributed by atoms with van der Waals surface area (Å²) in [6.45, 7) is 8.46. The van der Waals surface area contributed by atoms with E-state index in [0.717, 1.165) is 30.2 Å². The van der Waals surface area contributed by atoms with Crippen LogP contribution in [-0.2, 0) is 21.4 Å². The third-order valence-electron chi connectivity index (χ3n) is 7.76. The minimum absolute atomic E-state index is 0.0938. The number of benzene rings is 1. The zero-order valence-corrected chi connectivity index (χ0v) is 20.4. The number of aromatic nitrogens is 1. The first kappa shape index (κ1) is 23.3. The van der Waals surface area contributed by atoms with E-state index in [9.17, 15) is 13.2 Å². The lowest BCUT2D eigenvalue weighted by Crippen LogP contribution is -2.43. The Bertz CT molecular complexity index is 1050. The molecule has 1 aromatic carbocycles. The Labute approximate surface area is 192 Å². The zero-order valence-electron chi connectivity index (χ0n) is 19.6. The number of nitrogens with zero attached hydrogens (tertiary/aromatic N) is 2. The number of carbonyl (C=O) groups excluding carboxylic acids is 1. The van der Waals surface area contributed by atoms with Crippen molar-refractivity contribution in [3.63, 3.8) is 0 Å². The highest BCUT2D eigenvalue weighted by molar-refractivity contribution is 7.89. The molecule has 1 aromatic heterocycles. The van der Waals surface area contributed by atoms with Gasteiger partial charge < -0.3 is 9.88 Å². The van der Waals surface area contributed by atoms with E-state index < -0.39 is 10.0 Å². The predicted molar refractivity (Wildman–Crippen MR) is 128 cm³/mol. The van der Waals surface area contributed by atoms with Gasteiger partial charge >= 0.3 is 0 Å². The summed E-state index contributed by atoms with van der Waals surface area (Å²) in [4.78, 5) is 12.9. The summed E-state index contributed by atoms with van der Waals surface area (Å²) in [7, 11) is -3.46. The van der Waals surface area contributed by atoms with E-state index >= 15 is 0 Å². The van der Waals surface area contributed by atoms with E-state index in [-0.39, 0.29) is 11.9 Å². The van der Waals surface area contributed by atoms with Gasteiger partial charge in [0.25, 0.3) is 0 Å². The van der Waals surface area contributed by atoms with Crippen LogP contribution in [0.1, 0.15) is 59.3 Å². The minimum Gasteiger partial charge on any atom is -0.353 e. The maximum absolute atomic E-state index is 13.1. The quantitative estimate of drug-likeness (QED) is 0.696. The Balaban J connectivity index is 1.40. The zero-order chi connectivity index (χ0) is 22.9. The number of carbonyl (C=O) groups is 1. The summed E-state index contributed by atoms with van der Waals surface area (Å²) in [5, 5.41) is 4.14. The third-order valence-corrected chi connectivity index (χ3v) is 9.65. The molecule has 176 valence electrons. The molecule has 1 aliphatic carbocycles. The Morgan fingerprint density at radius 2 is 1.81 bits per heavy atom. The van der Waals surface area contributed by atoms with E-state index in [1.807, 2.05) is 22.9 Å². The molecule has 3 atom stereocenters. The summed E-state index contributed by atoms with van der Waals surface area (Å²) >= 11 is 0. The third kappa shape index (κ3) is 4.88. The standard InChI is InChI=1S/C25H37N3O3S/c1-18-9-15-28(16-10-18)32(30,31)22-7-8-24-21(17-22)11-13-27(24)14-12-25(29)26-23-6-4-5-19(2)20(23)3/h7-8,11,13,17-20,23H,4-6,9-10,12,14-16H2,1-3H3,(H,26,29)/t19-,20-,23+/m0/s1. The summed E-state index contributed by atoms with van der Waals surface area (Å²) < 4.78 is 29.8. The minimum atomic E-state index is -3.46. The molecule has 0 radical (unpaired) electrons. The molecule has 32 heavy (non-hydrogen) atoms. The van der Waals surface area contributed by atoms with E-state index in [4.69, 9.17) is 0 Å². The Hall–Kier alpha value is -1.86. The van der Waals surface area contributed by atoms with Gasteiger partial charge in [0, 0.05) is 49.2 Å². The topological polar surface area (TPSA) is 71.4 Å². The second-order valence-corrected chi connectivity index (χ2v) is 11.9. The number of fused-ring (bicyclic) bond motifs is 1. The van der Waals surface area contributed by atoms with Crippen molar-refractivity contribution in [3.05, 3.63) is 30.5 Å². The number of amides is 1. The largest absolute Gasteiger partial charge is 0.353 e. The smallest absolute Gasteiger partial charge is 0.243 e. The lowest BCUT2D eigenvalue weighted by molar-refractivity contribution is -0.122. The molecule has 2 fully saturated rings. The number of rotatable bonds is 6. The molecule has 7 heteroatoms. The molecule has 1 amide bonds. The molecule has 0 bridgehead atoms. The highest BCUT2D eigenvalue weighted by atomic mass is 32.2. The van der Waals surface area contributed by atoms with E-state index in [1.54, 1.807) is 16.4 Å². The van der Waals surface area contributed by atoms with Gasteiger partial charge in [0.15, 0.2) is 0 Å². The fourth-order valence-electron chi connectivity index (χ4n) is 5.19. The first-order chi connectivity index (χ1) is 15.3. The van der Waals surface area contributed by atoms with Crippen LogP contribution in [0.25, 0.3) is 10.9 Å². The second kappa shape index (κ2) is 9.56. The van der Waals surface area contributed by atoms with Gasteiger partial charge in [0.05, 0.1) is 4.90 Å². The van der Waals surface area contributed by atoms with E-state index in [0.29, 0.717) is 48.7 Å². The predicted octanol–water partition coefficient (Wildman–Crippen LogP) is 4.39. The van der Waals surface area contributed by atoms with Crippen LogP contribution in [0.15, 0.2) is 35.4 Å². The maximum Gasteiger partial charge on any atom is 0.243 e. The van der Waals surface area contributed by atoms with Gasteiger partial charge in [-0.15, -0.1) is 0 Å². The van der Waals surface area contributed by atoms with Crippen LogP contribution in [0.3, 0.4) is 0 Å². The molecular formula is C25H37N3O3S. The average molecular weight is 460 g/mol. The number of aryl methyl sites for hydroxylation is 1. The van der Waals surface area contributed by atoms with Crippen molar-refractivity contribution < 1.29 is 13.2 Å². The van der Waals surface area contributed by atoms with Crippen molar-refractivity contribution in [1.82, 2.24) is 14.2 Å². The molecular weight excluding hydrogens is 422 g/mol. The van der Waals surface area contributed by atoms with Crippen molar-refractivity contribution in [1.29, 1.82) is 0 Å². The Kier molecular flexibility index (Phi) is 6.96. The molecule has 1 aliphatic heterocycles. The molecule has 1 N–H and O–H groups in total. The highest BCUT2D eigenvalue weighted by Crippen LogP contribution is 2.30. The molecule has 1 saturated heterocycles. The Morgan fingerprint density at radius 1 is 1.06 bits per heavy atom. The number of piperidine rings is 1. The van der Waals surface area contributed by atoms with Crippen LogP contribution in [0.4, 0.5) is 0 Å². The van der Waals surface area contributed by atoms with Crippen LogP contribution in [0.2, 0.25) is 0 Å². The number of sulfonamides is 1. The Morgan fingerprint density at radius 3 is 2.56 bits per heavy atom. The molecule has 4 rings (SSSR count). The van der Waals surface area contributed by atoms with Gasteiger partial charge in [-0.25, -0.2) is 8.42 Å². The fourth-order valence-corrected chi connectivity index (χ4v) is 6.70. The molecule has 0 spiro atoms. The molecule has 2 heterocycles. The van der Waals surface area contributed by atoms with Crippen molar-refractivity contribution in [2.45, 2.75) is 76.8 Å². The van der Waals surface area contributed by atoms with Crippen LogP contribution in [-0.4, -0.2) is 42.3 Å². The summed E-state index contributed by atoms with van der Waals surface area (Å²) in [6.07, 6.45) is 7.70. The van der Waals surface area contributed by atoms with Gasteiger partial charge in [0.1, 0.15) is 0 Å². The second-order valence-electron chi connectivity index (χ2n) is 10.0. The summed E-state index contributed by atoms with van der Waals surface area (Å²) in [5.41, 5.74) is 0.962. The monoisotopic (exact) mass is 459 g/mol. The maximum atomic E-state index is 13.1. The lowest BCUT2D eigenvalue weighted by Gasteiger charge is -2.34. The van der Waals surface area contributed by atoms with Crippen LogP contribution >= 0.6 is 0 Å². The normalized spacial score (nSPS) is 25.8. The van der Waals surface area contributed by atoms with Crippen molar-refractivity contribution in [2.24, 2.45) is 17.8 Å². The van der Waals surface area contributed by atoms with Crippen molar-refractivity contribution in [2.75, 3.05) is 13.1 Å². The van der Waals surface area contributed by atoms with Crippen molar-refractivity contribution >= 4 is 26.8 Å². The van der Waals surface area contributed by atoms with Gasteiger partial charge in [-0.1, -0.05) is 33.6 Å². The molecule has 0 unspecified atom stereocenters. The van der Waals surface area contributed by atoms with Crippen LogP contribution < -0.4 is 5.32 Å². The van der Waals surface area contributed by atoms with Crippen molar-refractivity contribution in [3.8, 4) is 0 Å². The fraction of sp³-hybridized carbons (Fsp3) is 0.640. The lowest BCUT2D eigenvalue weighted by atomic mass is 9.78. The van der Waals surface area contributed by atoms with Crippen LogP contribution in [0.5, 0.6) is 0 Å². The molecule has 1 saturated carbocycles. The number of hydrogen-bond acceptors (Lipinski definition) is 3. The van der Waals surface area contributed by atoms with Crippen LogP contribution in [0, 0.1) is 17.8 Å². The number of nitrogens with one attached hydrogen (secondary N) is 1.